The normalized spacial score (nSPS) is 12.7. The quantitative estimate of drug-likeness (QED) is 0.868. The van der Waals surface area contributed by atoms with Gasteiger partial charge in [0.2, 0.25) is 9.84 Å². The minimum Gasteiger partial charge on any atom is -0.497 e. The van der Waals surface area contributed by atoms with Crippen molar-refractivity contribution >= 4 is 15.8 Å². The van der Waals surface area contributed by atoms with Gasteiger partial charge in [-0.05, 0) is 42.8 Å². The molecule has 6 nitrogen and oxygen atoms in total. The third-order valence-corrected chi connectivity index (χ3v) is 5.25. The molecule has 2 rings (SSSR count). The number of hydrogen-bond donors (Lipinski definition) is 2. The van der Waals surface area contributed by atoms with E-state index in [0.29, 0.717) is 0 Å². The van der Waals surface area contributed by atoms with E-state index in [1.807, 2.05) is 0 Å². The van der Waals surface area contributed by atoms with Crippen molar-refractivity contribution in [1.29, 1.82) is 0 Å². The van der Waals surface area contributed by atoms with E-state index in [2.05, 4.69) is 0 Å². The summed E-state index contributed by atoms with van der Waals surface area (Å²) >= 11 is 0. The van der Waals surface area contributed by atoms with Crippen molar-refractivity contribution < 1.29 is 23.1 Å². The molecule has 2 aromatic rings. The number of rotatable bonds is 5. The maximum atomic E-state index is 12.7. The van der Waals surface area contributed by atoms with Crippen LogP contribution in [0.25, 0.3) is 0 Å². The Kier molecular flexibility index (Phi) is 4.72. The number of methoxy groups -OCH3 is 1. The smallest absolute Gasteiger partial charge is 0.337 e. The first-order chi connectivity index (χ1) is 10.8. The fourth-order valence-electron chi connectivity index (χ4n) is 2.12. The molecule has 1 atom stereocenters. The third kappa shape index (κ3) is 3.35. The van der Waals surface area contributed by atoms with Crippen LogP contribution in [-0.4, -0.2) is 26.6 Å². The third-order valence-electron chi connectivity index (χ3n) is 3.42. The minimum absolute atomic E-state index is 0.00886. The molecule has 0 radical (unpaired) electrons. The van der Waals surface area contributed by atoms with Crippen molar-refractivity contribution in [3.8, 4) is 5.75 Å². The van der Waals surface area contributed by atoms with Crippen LogP contribution in [0.4, 0.5) is 0 Å². The topological polar surface area (TPSA) is 107 Å². The molecule has 0 aliphatic rings. The second-order valence-corrected chi connectivity index (χ2v) is 6.95. The standard InChI is InChI=1S/C16H17NO5S/c1-10(17)11-3-6-13(7-4-11)23(20,21)15-8-5-12(22-2)9-14(15)16(18)19/h3-10H,17H2,1-2H3,(H,18,19)/t10-/m0/s1. The highest BCUT2D eigenvalue weighted by molar-refractivity contribution is 7.91. The van der Waals surface area contributed by atoms with Crippen LogP contribution >= 0.6 is 0 Å². The zero-order chi connectivity index (χ0) is 17.2. The van der Waals surface area contributed by atoms with Gasteiger partial charge in [0.25, 0.3) is 0 Å². The van der Waals surface area contributed by atoms with Crippen LogP contribution in [0.2, 0.25) is 0 Å². The zero-order valence-electron chi connectivity index (χ0n) is 12.7. The van der Waals surface area contributed by atoms with Crippen LogP contribution in [0.1, 0.15) is 28.9 Å². The second-order valence-electron chi connectivity index (χ2n) is 5.03. The van der Waals surface area contributed by atoms with E-state index in [9.17, 15) is 18.3 Å². The number of hydrogen-bond acceptors (Lipinski definition) is 5. The molecule has 0 aliphatic heterocycles. The number of carboxylic acids is 1. The van der Waals surface area contributed by atoms with E-state index in [1.54, 1.807) is 19.1 Å². The molecule has 0 unspecified atom stereocenters. The molecule has 122 valence electrons. The molecule has 0 aliphatic carbocycles. The summed E-state index contributed by atoms with van der Waals surface area (Å²) in [6.45, 7) is 1.79. The van der Waals surface area contributed by atoms with Crippen LogP contribution < -0.4 is 10.5 Å². The fourth-order valence-corrected chi connectivity index (χ4v) is 3.55. The number of carbonyl (C=O) groups is 1. The molecule has 0 bridgehead atoms. The first-order valence-corrected chi connectivity index (χ1v) is 8.27. The van der Waals surface area contributed by atoms with Gasteiger partial charge in [0, 0.05) is 6.04 Å². The largest absolute Gasteiger partial charge is 0.497 e. The second kappa shape index (κ2) is 6.39. The van der Waals surface area contributed by atoms with Gasteiger partial charge >= 0.3 is 5.97 Å². The molecule has 7 heteroatoms. The zero-order valence-corrected chi connectivity index (χ0v) is 13.5. The Morgan fingerprint density at radius 1 is 1.17 bits per heavy atom. The van der Waals surface area contributed by atoms with Crippen molar-refractivity contribution in [1.82, 2.24) is 0 Å². The van der Waals surface area contributed by atoms with Gasteiger partial charge in [-0.3, -0.25) is 0 Å². The molecule has 0 saturated heterocycles. The summed E-state index contributed by atoms with van der Waals surface area (Å²) in [5.41, 5.74) is 6.19. The van der Waals surface area contributed by atoms with E-state index in [1.165, 1.54) is 37.4 Å². The molecular formula is C16H17NO5S. The van der Waals surface area contributed by atoms with Gasteiger partial charge in [-0.1, -0.05) is 12.1 Å². The lowest BCUT2D eigenvalue weighted by molar-refractivity contribution is 0.0692. The number of ether oxygens (including phenoxy) is 1. The number of sulfone groups is 1. The lowest BCUT2D eigenvalue weighted by Crippen LogP contribution is -2.10. The highest BCUT2D eigenvalue weighted by Gasteiger charge is 2.25. The molecule has 0 amide bonds. The molecular weight excluding hydrogens is 318 g/mol. The summed E-state index contributed by atoms with van der Waals surface area (Å²) in [4.78, 5) is 11.1. The first kappa shape index (κ1) is 17.0. The van der Waals surface area contributed by atoms with Gasteiger partial charge in [0.15, 0.2) is 0 Å². The number of nitrogens with two attached hydrogens (primary N) is 1. The first-order valence-electron chi connectivity index (χ1n) is 6.79. The van der Waals surface area contributed by atoms with E-state index in [0.717, 1.165) is 5.56 Å². The molecule has 0 saturated carbocycles. The summed E-state index contributed by atoms with van der Waals surface area (Å²) in [7, 11) is -2.58. The van der Waals surface area contributed by atoms with Gasteiger partial charge in [-0.15, -0.1) is 0 Å². The summed E-state index contributed by atoms with van der Waals surface area (Å²) in [6, 6.07) is 9.68. The molecule has 0 fully saturated rings. The van der Waals surface area contributed by atoms with E-state index in [-0.39, 0.29) is 27.1 Å². The minimum atomic E-state index is -3.96. The predicted molar refractivity (Wildman–Crippen MR) is 84.4 cm³/mol. The Labute approximate surface area is 134 Å². The van der Waals surface area contributed by atoms with Crippen LogP contribution in [0.5, 0.6) is 5.75 Å². The van der Waals surface area contributed by atoms with Crippen molar-refractivity contribution in [2.45, 2.75) is 22.8 Å². The lowest BCUT2D eigenvalue weighted by atomic mass is 10.1. The van der Waals surface area contributed by atoms with Crippen LogP contribution in [-0.2, 0) is 9.84 Å². The molecule has 2 aromatic carbocycles. The van der Waals surface area contributed by atoms with Crippen LogP contribution in [0, 0.1) is 0 Å². The van der Waals surface area contributed by atoms with Gasteiger partial charge in [-0.2, -0.15) is 0 Å². The van der Waals surface area contributed by atoms with Crippen molar-refractivity contribution in [3.63, 3.8) is 0 Å². The van der Waals surface area contributed by atoms with Gasteiger partial charge in [-0.25, -0.2) is 13.2 Å². The van der Waals surface area contributed by atoms with Gasteiger partial charge in [0.05, 0.1) is 22.5 Å². The van der Waals surface area contributed by atoms with Gasteiger partial charge in [0.1, 0.15) is 5.75 Å². The van der Waals surface area contributed by atoms with Crippen LogP contribution in [0.3, 0.4) is 0 Å². The molecule has 0 spiro atoms. The Morgan fingerprint density at radius 3 is 2.26 bits per heavy atom. The predicted octanol–water partition coefficient (Wildman–Crippen LogP) is 2.25. The Balaban J connectivity index is 2.57. The molecule has 0 aromatic heterocycles. The fraction of sp³-hybridized carbons (Fsp3) is 0.188. The maximum absolute atomic E-state index is 12.7. The average molecular weight is 335 g/mol. The molecule has 0 heterocycles. The molecule has 23 heavy (non-hydrogen) atoms. The van der Waals surface area contributed by atoms with Crippen molar-refractivity contribution in [3.05, 3.63) is 53.6 Å². The lowest BCUT2D eigenvalue weighted by Gasteiger charge is -2.11. The number of benzene rings is 2. The highest BCUT2D eigenvalue weighted by atomic mass is 32.2. The average Bonchev–Trinajstić information content (AvgIpc) is 2.54. The van der Waals surface area contributed by atoms with Crippen LogP contribution in [0.15, 0.2) is 52.3 Å². The Hall–Kier alpha value is -2.38. The maximum Gasteiger partial charge on any atom is 0.337 e. The summed E-state index contributed by atoms with van der Waals surface area (Å²) in [5.74, 6) is -1.07. The van der Waals surface area contributed by atoms with Gasteiger partial charge < -0.3 is 15.6 Å². The van der Waals surface area contributed by atoms with E-state index >= 15 is 0 Å². The number of aromatic carboxylic acids is 1. The highest BCUT2D eigenvalue weighted by Crippen LogP contribution is 2.28. The Morgan fingerprint density at radius 2 is 1.78 bits per heavy atom. The summed E-state index contributed by atoms with van der Waals surface area (Å²) < 4.78 is 30.4. The monoisotopic (exact) mass is 335 g/mol. The van der Waals surface area contributed by atoms with E-state index < -0.39 is 15.8 Å². The van der Waals surface area contributed by atoms with Crippen molar-refractivity contribution in [2.75, 3.05) is 7.11 Å². The number of carboxylic acid groups (broad SMARTS) is 1. The SMILES string of the molecule is COc1ccc(S(=O)(=O)c2ccc([C@H](C)N)cc2)c(C(=O)O)c1. The Bertz CT molecular complexity index is 826. The van der Waals surface area contributed by atoms with E-state index in [4.69, 9.17) is 10.5 Å². The van der Waals surface area contributed by atoms with Crippen molar-refractivity contribution in [2.24, 2.45) is 5.73 Å². The summed E-state index contributed by atoms with van der Waals surface area (Å²) in [5, 5.41) is 9.28. The summed E-state index contributed by atoms with van der Waals surface area (Å²) in [6.07, 6.45) is 0. The molecule has 3 N–H and O–H groups in total.